The number of carbonyl (C=O) groups excluding carboxylic acids is 1. The second kappa shape index (κ2) is 9.53. The minimum atomic E-state index is -0.458. The second-order valence-corrected chi connectivity index (χ2v) is 8.52. The molecule has 0 aliphatic heterocycles. The number of carbonyl (C=O) groups is 1. The summed E-state index contributed by atoms with van der Waals surface area (Å²) in [5.74, 6) is -0.692. The molecule has 5 rings (SSSR count). The molecular formula is C30H19ClFNO2. The lowest BCUT2D eigenvalue weighted by atomic mass is 9.94. The van der Waals surface area contributed by atoms with Crippen molar-refractivity contribution in [1.29, 1.82) is 0 Å². The van der Waals surface area contributed by atoms with Gasteiger partial charge in [0.2, 0.25) is 0 Å². The van der Waals surface area contributed by atoms with Gasteiger partial charge in [-0.05, 0) is 58.7 Å². The Morgan fingerprint density at radius 3 is 2.14 bits per heavy atom. The average molecular weight is 480 g/mol. The minimum absolute atomic E-state index is 0.0603. The SMILES string of the molecule is O=C(/C=C/c1ccc(-c2ccc(F)cc2)cc1)c1c(-c2ccccc2)c2cc(Cl)ccc2[nH]c1=O. The fourth-order valence-electron chi connectivity index (χ4n) is 4.09. The van der Waals surface area contributed by atoms with Crippen molar-refractivity contribution in [3.8, 4) is 22.3 Å². The molecule has 0 saturated heterocycles. The van der Waals surface area contributed by atoms with Gasteiger partial charge in [-0.1, -0.05) is 84.4 Å². The van der Waals surface area contributed by atoms with Crippen molar-refractivity contribution in [1.82, 2.24) is 4.98 Å². The molecule has 0 bridgehead atoms. The zero-order chi connectivity index (χ0) is 24.4. The van der Waals surface area contributed by atoms with E-state index in [2.05, 4.69) is 4.98 Å². The highest BCUT2D eigenvalue weighted by molar-refractivity contribution is 6.31. The highest BCUT2D eigenvalue weighted by Crippen LogP contribution is 2.31. The quantitative estimate of drug-likeness (QED) is 0.209. The van der Waals surface area contributed by atoms with Crippen molar-refractivity contribution in [2.24, 2.45) is 0 Å². The molecule has 0 radical (unpaired) electrons. The van der Waals surface area contributed by atoms with Crippen molar-refractivity contribution in [3.63, 3.8) is 0 Å². The molecule has 0 atom stereocenters. The molecule has 1 heterocycles. The number of rotatable bonds is 5. The van der Waals surface area contributed by atoms with Crippen LogP contribution in [0, 0.1) is 5.82 Å². The maximum absolute atomic E-state index is 13.3. The third-order valence-electron chi connectivity index (χ3n) is 5.80. The van der Waals surface area contributed by atoms with Crippen LogP contribution in [0.3, 0.4) is 0 Å². The molecule has 35 heavy (non-hydrogen) atoms. The molecule has 5 aromatic rings. The zero-order valence-corrected chi connectivity index (χ0v) is 19.2. The van der Waals surface area contributed by atoms with E-state index < -0.39 is 11.3 Å². The number of ketones is 1. The van der Waals surface area contributed by atoms with Gasteiger partial charge in [-0.2, -0.15) is 0 Å². The maximum atomic E-state index is 13.3. The number of nitrogens with one attached hydrogen (secondary N) is 1. The Labute approximate surface area is 206 Å². The number of allylic oxidation sites excluding steroid dienone is 1. The molecule has 3 nitrogen and oxygen atoms in total. The van der Waals surface area contributed by atoms with Crippen LogP contribution >= 0.6 is 11.6 Å². The maximum Gasteiger partial charge on any atom is 0.260 e. The van der Waals surface area contributed by atoms with E-state index in [1.54, 1.807) is 36.4 Å². The van der Waals surface area contributed by atoms with E-state index in [1.807, 2.05) is 54.6 Å². The number of benzene rings is 4. The fraction of sp³-hybridized carbons (Fsp3) is 0. The Hall–Kier alpha value is -4.28. The lowest BCUT2D eigenvalue weighted by Crippen LogP contribution is -2.18. The Kier molecular flexibility index (Phi) is 6.13. The summed E-state index contributed by atoms with van der Waals surface area (Å²) in [6, 6.07) is 28.3. The van der Waals surface area contributed by atoms with Gasteiger partial charge in [-0.15, -0.1) is 0 Å². The van der Waals surface area contributed by atoms with E-state index in [4.69, 9.17) is 11.6 Å². The molecule has 0 unspecified atom stereocenters. The summed E-state index contributed by atoms with van der Waals surface area (Å²) in [6.45, 7) is 0. The number of aromatic nitrogens is 1. The molecule has 1 aromatic heterocycles. The number of pyridine rings is 1. The van der Waals surface area contributed by atoms with Crippen molar-refractivity contribution in [2.45, 2.75) is 0 Å². The predicted octanol–water partition coefficient (Wildman–Crippen LogP) is 7.55. The summed E-state index contributed by atoms with van der Waals surface area (Å²) in [6.07, 6.45) is 3.08. The Bertz CT molecular complexity index is 1620. The summed E-state index contributed by atoms with van der Waals surface area (Å²) in [7, 11) is 0. The van der Waals surface area contributed by atoms with Gasteiger partial charge in [-0.25, -0.2) is 4.39 Å². The molecule has 0 amide bonds. The van der Waals surface area contributed by atoms with Gasteiger partial charge in [0, 0.05) is 21.5 Å². The van der Waals surface area contributed by atoms with Gasteiger partial charge in [0.05, 0.1) is 5.56 Å². The highest BCUT2D eigenvalue weighted by atomic mass is 35.5. The van der Waals surface area contributed by atoms with Crippen LogP contribution in [0.2, 0.25) is 5.02 Å². The minimum Gasteiger partial charge on any atom is -0.321 e. The largest absolute Gasteiger partial charge is 0.321 e. The van der Waals surface area contributed by atoms with Gasteiger partial charge in [0.1, 0.15) is 5.82 Å². The van der Waals surface area contributed by atoms with E-state index >= 15 is 0 Å². The first kappa shape index (κ1) is 22.5. The summed E-state index contributed by atoms with van der Waals surface area (Å²) in [5, 5.41) is 1.21. The molecule has 0 fully saturated rings. The molecule has 170 valence electrons. The first-order valence-electron chi connectivity index (χ1n) is 11.0. The number of halogens is 2. The normalized spacial score (nSPS) is 11.3. The van der Waals surface area contributed by atoms with Crippen molar-refractivity contribution >= 4 is 34.4 Å². The fourth-order valence-corrected chi connectivity index (χ4v) is 4.26. The van der Waals surface area contributed by atoms with Crippen LogP contribution < -0.4 is 5.56 Å². The second-order valence-electron chi connectivity index (χ2n) is 8.09. The Balaban J connectivity index is 1.53. The van der Waals surface area contributed by atoms with E-state index in [0.29, 0.717) is 21.5 Å². The van der Waals surface area contributed by atoms with Gasteiger partial charge in [-0.3, -0.25) is 9.59 Å². The molecule has 4 aromatic carbocycles. The summed E-state index contributed by atoms with van der Waals surface area (Å²) >= 11 is 6.25. The average Bonchev–Trinajstić information content (AvgIpc) is 2.88. The lowest BCUT2D eigenvalue weighted by molar-refractivity contribution is 0.104. The molecule has 0 spiro atoms. The molecular weight excluding hydrogens is 461 g/mol. The Morgan fingerprint density at radius 2 is 1.46 bits per heavy atom. The first-order valence-corrected chi connectivity index (χ1v) is 11.4. The number of fused-ring (bicyclic) bond motifs is 1. The molecule has 5 heteroatoms. The highest BCUT2D eigenvalue weighted by Gasteiger charge is 2.19. The number of aromatic amines is 1. The molecule has 0 saturated carbocycles. The van der Waals surface area contributed by atoms with Crippen LogP contribution in [0.5, 0.6) is 0 Å². The van der Waals surface area contributed by atoms with Crippen LogP contribution in [-0.2, 0) is 0 Å². The topological polar surface area (TPSA) is 49.9 Å². The van der Waals surface area contributed by atoms with Crippen LogP contribution in [-0.4, -0.2) is 10.8 Å². The monoisotopic (exact) mass is 479 g/mol. The van der Waals surface area contributed by atoms with E-state index in [1.165, 1.54) is 18.2 Å². The zero-order valence-electron chi connectivity index (χ0n) is 18.5. The van der Waals surface area contributed by atoms with E-state index in [0.717, 1.165) is 22.3 Å². The lowest BCUT2D eigenvalue weighted by Gasteiger charge is -2.11. The molecule has 0 aliphatic rings. The van der Waals surface area contributed by atoms with E-state index in [9.17, 15) is 14.0 Å². The van der Waals surface area contributed by atoms with Gasteiger partial charge in [0.25, 0.3) is 5.56 Å². The molecule has 1 N–H and O–H groups in total. The van der Waals surface area contributed by atoms with Gasteiger partial charge >= 0.3 is 0 Å². The Morgan fingerprint density at radius 1 is 0.800 bits per heavy atom. The third kappa shape index (κ3) is 4.70. The third-order valence-corrected chi connectivity index (χ3v) is 6.04. The first-order chi connectivity index (χ1) is 17.0. The van der Waals surface area contributed by atoms with Crippen LogP contribution in [0.15, 0.2) is 108 Å². The number of H-pyrrole nitrogens is 1. The number of hydrogen-bond acceptors (Lipinski definition) is 2. The van der Waals surface area contributed by atoms with Crippen LogP contribution in [0.25, 0.3) is 39.2 Å². The standard InChI is InChI=1S/C30H19ClFNO2/c31-23-13-16-26-25(18-23)28(22-4-2-1-3-5-22)29(30(35)33-26)27(34)17-8-19-6-9-20(10-7-19)21-11-14-24(32)15-12-21/h1-18H,(H,33,35)/b17-8+. The van der Waals surface area contributed by atoms with Crippen molar-refractivity contribution in [2.75, 3.05) is 0 Å². The summed E-state index contributed by atoms with van der Waals surface area (Å²) < 4.78 is 13.2. The molecule has 0 aliphatic carbocycles. The van der Waals surface area contributed by atoms with Crippen molar-refractivity contribution < 1.29 is 9.18 Å². The van der Waals surface area contributed by atoms with Crippen molar-refractivity contribution in [3.05, 3.63) is 135 Å². The van der Waals surface area contributed by atoms with Gasteiger partial charge in [0.15, 0.2) is 5.78 Å². The summed E-state index contributed by atoms with van der Waals surface area (Å²) in [5.41, 5.74) is 4.14. The predicted molar refractivity (Wildman–Crippen MR) is 140 cm³/mol. The van der Waals surface area contributed by atoms with Gasteiger partial charge < -0.3 is 4.98 Å². The van der Waals surface area contributed by atoms with E-state index in [-0.39, 0.29) is 11.4 Å². The van der Waals surface area contributed by atoms with Crippen LogP contribution in [0.1, 0.15) is 15.9 Å². The summed E-state index contributed by atoms with van der Waals surface area (Å²) in [4.78, 5) is 29.1. The van der Waals surface area contributed by atoms with Crippen LogP contribution in [0.4, 0.5) is 4.39 Å². The smallest absolute Gasteiger partial charge is 0.260 e. The number of hydrogen-bond donors (Lipinski definition) is 1.